The summed E-state index contributed by atoms with van der Waals surface area (Å²) in [5, 5.41) is 3.01. The maximum absolute atomic E-state index is 12.7. The molecule has 0 aliphatic heterocycles. The molecular formula is C20H15ClN2O3S. The predicted octanol–water partition coefficient (Wildman–Crippen LogP) is 3.91. The van der Waals surface area contributed by atoms with Gasteiger partial charge >= 0.3 is 0 Å². The van der Waals surface area contributed by atoms with Gasteiger partial charge in [0, 0.05) is 16.1 Å². The normalized spacial score (nSPS) is 11.8. The Labute approximate surface area is 162 Å². The molecule has 7 heteroatoms. The number of sulfonamides is 1. The van der Waals surface area contributed by atoms with Crippen LogP contribution in [0.1, 0.15) is 15.9 Å². The largest absolute Gasteiger partial charge is 0.305 e. The second-order valence-corrected chi connectivity index (χ2v) is 7.60. The monoisotopic (exact) mass is 398 g/mol. The van der Waals surface area contributed by atoms with E-state index in [1.807, 2.05) is 0 Å². The minimum Gasteiger partial charge on any atom is -0.305 e. The molecule has 0 bridgehead atoms. The standard InChI is InChI=1S/C20H15ClN2O3S/c21-17-11-13-18(14-12-17)27(25,26)23-19(15-7-3-1-4-8-15)22-20(24)16-9-5-2-6-10-16/h1-14H,(H,22,23,24). The Bertz CT molecular complexity index is 1070. The van der Waals surface area contributed by atoms with Gasteiger partial charge in [0.15, 0.2) is 5.84 Å². The minimum atomic E-state index is -4.04. The van der Waals surface area contributed by atoms with E-state index in [9.17, 15) is 13.2 Å². The first-order valence-corrected chi connectivity index (χ1v) is 9.80. The molecule has 3 aromatic rings. The zero-order chi connectivity index (χ0) is 19.3. The minimum absolute atomic E-state index is 0.0192. The lowest BCUT2D eigenvalue weighted by Gasteiger charge is -2.10. The molecular weight excluding hydrogens is 384 g/mol. The Hall–Kier alpha value is -2.96. The van der Waals surface area contributed by atoms with Crippen molar-refractivity contribution in [2.24, 2.45) is 4.40 Å². The molecule has 5 nitrogen and oxygen atoms in total. The SMILES string of the molecule is O=C(NC(=NS(=O)(=O)c1ccc(Cl)cc1)c1ccccc1)c1ccccc1. The Balaban J connectivity index is 2.01. The van der Waals surface area contributed by atoms with E-state index in [1.165, 1.54) is 24.3 Å². The predicted molar refractivity (Wildman–Crippen MR) is 106 cm³/mol. The Morgan fingerprint density at radius 3 is 1.85 bits per heavy atom. The highest BCUT2D eigenvalue weighted by molar-refractivity contribution is 7.90. The molecule has 0 heterocycles. The molecule has 0 aliphatic carbocycles. The van der Waals surface area contributed by atoms with E-state index in [-0.39, 0.29) is 10.7 Å². The van der Waals surface area contributed by atoms with Crippen molar-refractivity contribution in [2.75, 3.05) is 0 Å². The summed E-state index contributed by atoms with van der Waals surface area (Å²) in [6.07, 6.45) is 0. The summed E-state index contributed by atoms with van der Waals surface area (Å²) < 4.78 is 29.2. The second kappa shape index (κ2) is 8.16. The van der Waals surface area contributed by atoms with Crippen LogP contribution >= 0.6 is 11.6 Å². The molecule has 0 atom stereocenters. The fraction of sp³-hybridized carbons (Fsp3) is 0. The topological polar surface area (TPSA) is 75.6 Å². The number of carbonyl (C=O) groups is 1. The van der Waals surface area contributed by atoms with E-state index >= 15 is 0 Å². The van der Waals surface area contributed by atoms with Crippen LogP contribution in [0.5, 0.6) is 0 Å². The van der Waals surface area contributed by atoms with Gasteiger partial charge in [-0.05, 0) is 36.4 Å². The van der Waals surface area contributed by atoms with Crippen LogP contribution in [0.3, 0.4) is 0 Å². The molecule has 0 unspecified atom stereocenters. The van der Waals surface area contributed by atoms with Gasteiger partial charge in [0.2, 0.25) is 0 Å². The zero-order valence-electron chi connectivity index (χ0n) is 14.0. The van der Waals surface area contributed by atoms with Crippen molar-refractivity contribution in [3.8, 4) is 0 Å². The Morgan fingerprint density at radius 1 is 0.778 bits per heavy atom. The molecule has 1 amide bonds. The first-order chi connectivity index (χ1) is 13.0. The number of amidine groups is 1. The van der Waals surface area contributed by atoms with Gasteiger partial charge in [-0.2, -0.15) is 8.42 Å². The molecule has 1 N–H and O–H groups in total. The molecule has 0 saturated heterocycles. The van der Waals surface area contributed by atoms with Crippen molar-refractivity contribution < 1.29 is 13.2 Å². The Morgan fingerprint density at radius 2 is 1.30 bits per heavy atom. The van der Waals surface area contributed by atoms with Gasteiger partial charge in [0.1, 0.15) is 0 Å². The van der Waals surface area contributed by atoms with Crippen LogP contribution in [0.2, 0.25) is 5.02 Å². The summed E-state index contributed by atoms with van der Waals surface area (Å²) in [7, 11) is -4.04. The fourth-order valence-electron chi connectivity index (χ4n) is 2.29. The number of nitrogens with one attached hydrogen (secondary N) is 1. The highest BCUT2D eigenvalue weighted by Gasteiger charge is 2.17. The lowest BCUT2D eigenvalue weighted by atomic mass is 10.2. The maximum atomic E-state index is 12.7. The third-order valence-corrected chi connectivity index (χ3v) is 5.18. The van der Waals surface area contributed by atoms with Gasteiger partial charge in [0.05, 0.1) is 4.90 Å². The summed E-state index contributed by atoms with van der Waals surface area (Å²) in [6.45, 7) is 0. The molecule has 136 valence electrons. The molecule has 0 radical (unpaired) electrons. The van der Waals surface area contributed by atoms with Crippen LogP contribution in [-0.2, 0) is 10.0 Å². The lowest BCUT2D eigenvalue weighted by molar-refractivity contribution is 0.0977. The van der Waals surface area contributed by atoms with E-state index in [4.69, 9.17) is 11.6 Å². The molecule has 27 heavy (non-hydrogen) atoms. The third kappa shape index (κ3) is 4.81. The number of halogens is 1. The molecule has 0 aliphatic rings. The second-order valence-electron chi connectivity index (χ2n) is 5.56. The molecule has 0 aromatic heterocycles. The van der Waals surface area contributed by atoms with Crippen LogP contribution in [0.25, 0.3) is 0 Å². The zero-order valence-corrected chi connectivity index (χ0v) is 15.6. The summed E-state index contributed by atoms with van der Waals surface area (Å²) in [5.74, 6) is -0.510. The number of nitrogens with zero attached hydrogens (tertiary/aromatic N) is 1. The quantitative estimate of drug-likeness (QED) is 0.534. The number of benzene rings is 3. The molecule has 0 fully saturated rings. The van der Waals surface area contributed by atoms with Crippen molar-refractivity contribution >= 4 is 33.4 Å². The summed E-state index contributed by atoms with van der Waals surface area (Å²) in [5.41, 5.74) is 0.865. The van der Waals surface area contributed by atoms with Crippen molar-refractivity contribution in [1.29, 1.82) is 0 Å². The van der Waals surface area contributed by atoms with E-state index in [0.717, 1.165) is 0 Å². The van der Waals surface area contributed by atoms with Crippen molar-refractivity contribution in [2.45, 2.75) is 4.90 Å². The summed E-state index contributed by atoms with van der Waals surface area (Å²) >= 11 is 5.81. The lowest BCUT2D eigenvalue weighted by Crippen LogP contribution is -2.32. The number of carbonyl (C=O) groups excluding carboxylic acids is 1. The highest BCUT2D eigenvalue weighted by atomic mass is 35.5. The first-order valence-electron chi connectivity index (χ1n) is 7.98. The van der Waals surface area contributed by atoms with Gasteiger partial charge in [-0.15, -0.1) is 4.40 Å². The van der Waals surface area contributed by atoms with Gasteiger partial charge < -0.3 is 5.32 Å². The van der Waals surface area contributed by atoms with E-state index in [1.54, 1.807) is 60.7 Å². The van der Waals surface area contributed by atoms with E-state index in [2.05, 4.69) is 9.71 Å². The van der Waals surface area contributed by atoms with Crippen LogP contribution in [0.15, 0.2) is 94.2 Å². The van der Waals surface area contributed by atoms with Crippen LogP contribution < -0.4 is 5.32 Å². The third-order valence-electron chi connectivity index (χ3n) is 3.64. The number of rotatable bonds is 4. The van der Waals surface area contributed by atoms with E-state index < -0.39 is 15.9 Å². The van der Waals surface area contributed by atoms with Gasteiger partial charge in [-0.25, -0.2) is 0 Å². The van der Waals surface area contributed by atoms with Crippen molar-refractivity contribution in [3.05, 3.63) is 101 Å². The van der Waals surface area contributed by atoms with Crippen molar-refractivity contribution in [1.82, 2.24) is 5.32 Å². The maximum Gasteiger partial charge on any atom is 0.284 e. The number of hydrogen-bond donors (Lipinski definition) is 1. The molecule has 0 saturated carbocycles. The van der Waals surface area contributed by atoms with Gasteiger partial charge in [0.25, 0.3) is 15.9 Å². The number of amides is 1. The van der Waals surface area contributed by atoms with Crippen LogP contribution in [0, 0.1) is 0 Å². The smallest absolute Gasteiger partial charge is 0.284 e. The summed E-state index contributed by atoms with van der Waals surface area (Å²) in [4.78, 5) is 12.5. The van der Waals surface area contributed by atoms with Gasteiger partial charge in [-0.3, -0.25) is 4.79 Å². The van der Waals surface area contributed by atoms with Crippen LogP contribution in [0.4, 0.5) is 0 Å². The highest BCUT2D eigenvalue weighted by Crippen LogP contribution is 2.17. The van der Waals surface area contributed by atoms with Crippen molar-refractivity contribution in [3.63, 3.8) is 0 Å². The fourth-order valence-corrected chi connectivity index (χ4v) is 3.40. The first kappa shape index (κ1) is 18.8. The van der Waals surface area contributed by atoms with Crippen LogP contribution in [-0.4, -0.2) is 20.2 Å². The average Bonchev–Trinajstić information content (AvgIpc) is 2.69. The molecule has 3 aromatic carbocycles. The van der Waals surface area contributed by atoms with E-state index in [0.29, 0.717) is 16.1 Å². The van der Waals surface area contributed by atoms with Gasteiger partial charge in [-0.1, -0.05) is 60.1 Å². The average molecular weight is 399 g/mol. The number of hydrogen-bond acceptors (Lipinski definition) is 3. The molecule has 0 spiro atoms. The summed E-state index contributed by atoms with van der Waals surface area (Å²) in [6, 6.07) is 22.7. The molecule has 3 rings (SSSR count). The Kier molecular flexibility index (Phi) is 5.69.